The summed E-state index contributed by atoms with van der Waals surface area (Å²) in [5.74, 6) is 0.148. The first-order valence-corrected chi connectivity index (χ1v) is 10.2. The van der Waals surface area contributed by atoms with Gasteiger partial charge in [0.05, 0.1) is 25.8 Å². The predicted octanol–water partition coefficient (Wildman–Crippen LogP) is 3.56. The number of nitrogens with zero attached hydrogens (tertiary/aromatic N) is 1. The molecule has 1 aliphatic heterocycles. The van der Waals surface area contributed by atoms with Gasteiger partial charge in [-0.2, -0.15) is 5.10 Å². The van der Waals surface area contributed by atoms with Crippen molar-refractivity contribution in [1.82, 2.24) is 5.43 Å². The Morgan fingerprint density at radius 3 is 2.18 bits per heavy atom. The number of hydrazone groups is 1. The van der Waals surface area contributed by atoms with Crippen LogP contribution in [0, 0.1) is 0 Å². The van der Waals surface area contributed by atoms with Crippen molar-refractivity contribution in [1.29, 1.82) is 0 Å². The average molecular weight is 445 g/mol. The third-order valence-corrected chi connectivity index (χ3v) is 5.49. The summed E-state index contributed by atoms with van der Waals surface area (Å²) in [5, 5.41) is 4.33. The molecule has 0 bridgehead atoms. The maximum absolute atomic E-state index is 13.1. The molecule has 0 radical (unpaired) electrons. The van der Waals surface area contributed by atoms with E-state index < -0.39 is 23.8 Å². The Labute approximate surface area is 191 Å². The zero-order chi connectivity index (χ0) is 23.4. The van der Waals surface area contributed by atoms with Crippen molar-refractivity contribution in [3.8, 4) is 17.2 Å². The lowest BCUT2D eigenvalue weighted by molar-refractivity contribution is -0.134. The molecule has 3 N–H and O–H groups in total. The molecule has 3 aromatic carbocycles. The molecule has 8 nitrogen and oxygen atoms in total. The average Bonchev–Trinajstić information content (AvgIpc) is 3.17. The molecule has 4 rings (SSSR count). The van der Waals surface area contributed by atoms with Crippen LogP contribution in [-0.2, 0) is 4.79 Å². The fourth-order valence-electron chi connectivity index (χ4n) is 3.96. The zero-order valence-corrected chi connectivity index (χ0v) is 18.1. The van der Waals surface area contributed by atoms with Crippen LogP contribution in [0.3, 0.4) is 0 Å². The van der Waals surface area contributed by atoms with E-state index in [9.17, 15) is 9.59 Å². The van der Waals surface area contributed by atoms with Gasteiger partial charge in [-0.1, -0.05) is 30.3 Å². The van der Waals surface area contributed by atoms with Gasteiger partial charge in [0.1, 0.15) is 17.2 Å². The summed E-state index contributed by atoms with van der Waals surface area (Å²) in [5.41, 5.74) is 10.3. The van der Waals surface area contributed by atoms with E-state index in [1.807, 2.05) is 54.6 Å². The number of amides is 2. The maximum atomic E-state index is 13.1. The van der Waals surface area contributed by atoms with Gasteiger partial charge in [-0.05, 0) is 53.6 Å². The lowest BCUT2D eigenvalue weighted by Crippen LogP contribution is -2.31. The van der Waals surface area contributed by atoms with Gasteiger partial charge in [-0.25, -0.2) is 10.2 Å². The minimum Gasteiger partial charge on any atom is -0.497 e. The Morgan fingerprint density at radius 1 is 0.970 bits per heavy atom. The Morgan fingerprint density at radius 2 is 1.58 bits per heavy atom. The van der Waals surface area contributed by atoms with Crippen LogP contribution >= 0.6 is 0 Å². The second kappa shape index (κ2) is 9.44. The monoisotopic (exact) mass is 445 g/mol. The van der Waals surface area contributed by atoms with E-state index in [1.165, 1.54) is 0 Å². The summed E-state index contributed by atoms with van der Waals surface area (Å²) in [6.07, 6.45) is 0. The number of nitrogens with two attached hydrogens (primary N) is 1. The zero-order valence-electron chi connectivity index (χ0n) is 18.1. The van der Waals surface area contributed by atoms with E-state index in [4.69, 9.17) is 19.9 Å². The van der Waals surface area contributed by atoms with Gasteiger partial charge >= 0.3 is 12.0 Å². The van der Waals surface area contributed by atoms with E-state index in [0.29, 0.717) is 28.5 Å². The molecule has 1 heterocycles. The van der Waals surface area contributed by atoms with E-state index in [-0.39, 0.29) is 0 Å². The smallest absolute Gasteiger partial charge is 0.332 e. The van der Waals surface area contributed by atoms with Crippen LogP contribution in [0.1, 0.15) is 28.5 Å². The number of fused-ring (bicyclic) bond motifs is 1. The molecule has 0 aliphatic carbocycles. The van der Waals surface area contributed by atoms with Crippen LogP contribution in [0.15, 0.2) is 77.9 Å². The van der Waals surface area contributed by atoms with Crippen LogP contribution in [-0.4, -0.2) is 31.9 Å². The summed E-state index contributed by atoms with van der Waals surface area (Å²) >= 11 is 0. The van der Waals surface area contributed by atoms with Crippen LogP contribution in [0.2, 0.25) is 0 Å². The summed E-state index contributed by atoms with van der Waals surface area (Å²) in [6, 6.07) is 21.0. The largest absolute Gasteiger partial charge is 0.497 e. The first-order chi connectivity index (χ1) is 16.0. The van der Waals surface area contributed by atoms with Crippen LogP contribution in [0.25, 0.3) is 0 Å². The highest BCUT2D eigenvalue weighted by molar-refractivity contribution is 6.09. The predicted molar refractivity (Wildman–Crippen MR) is 123 cm³/mol. The van der Waals surface area contributed by atoms with Gasteiger partial charge in [0.25, 0.3) is 0 Å². The summed E-state index contributed by atoms with van der Waals surface area (Å²) in [4.78, 5) is 24.6. The van der Waals surface area contributed by atoms with Gasteiger partial charge < -0.3 is 19.9 Å². The number of rotatable bonds is 7. The minimum atomic E-state index is -0.816. The Kier molecular flexibility index (Phi) is 6.26. The van der Waals surface area contributed by atoms with Crippen molar-refractivity contribution >= 4 is 17.7 Å². The summed E-state index contributed by atoms with van der Waals surface area (Å²) in [7, 11) is 3.16. The number of primary amides is 1. The van der Waals surface area contributed by atoms with Crippen LogP contribution in [0.5, 0.6) is 17.2 Å². The molecule has 3 aromatic rings. The number of ether oxygens (including phenoxy) is 3. The van der Waals surface area contributed by atoms with Crippen molar-refractivity contribution < 1.29 is 23.8 Å². The first-order valence-electron chi connectivity index (χ1n) is 10.2. The van der Waals surface area contributed by atoms with Crippen molar-refractivity contribution in [3.05, 3.63) is 89.5 Å². The van der Waals surface area contributed by atoms with Crippen molar-refractivity contribution in [3.63, 3.8) is 0 Å². The standard InChI is InChI=1S/C25H23N3O5/c1-31-17-11-7-15(8-12-17)21(22-19-5-3-4-6-20(19)33-24(22)29)23(27-28-25(26)30)16-9-13-18(32-2)14-10-16/h3-14,21-22H,1-2H3,(H3,26,28,30)/b27-23-. The van der Waals surface area contributed by atoms with Gasteiger partial charge in [0.15, 0.2) is 0 Å². The summed E-state index contributed by atoms with van der Waals surface area (Å²) < 4.78 is 16.1. The van der Waals surface area contributed by atoms with E-state index in [0.717, 1.165) is 11.1 Å². The Hall–Kier alpha value is -4.33. The summed E-state index contributed by atoms with van der Waals surface area (Å²) in [6.45, 7) is 0. The van der Waals surface area contributed by atoms with Gasteiger partial charge in [-0.3, -0.25) is 4.79 Å². The molecule has 0 saturated carbocycles. The van der Waals surface area contributed by atoms with E-state index >= 15 is 0 Å². The topological polar surface area (TPSA) is 112 Å². The third-order valence-electron chi connectivity index (χ3n) is 5.49. The molecule has 2 amide bonds. The SMILES string of the molecule is COc1ccc(/C(=N/NC(N)=O)C(c2ccc(OC)cc2)C2C(=O)Oc3ccccc32)cc1. The first kappa shape index (κ1) is 21.9. The molecule has 0 aromatic heterocycles. The van der Waals surface area contributed by atoms with Crippen LogP contribution in [0.4, 0.5) is 4.79 Å². The van der Waals surface area contributed by atoms with E-state index in [1.54, 1.807) is 32.4 Å². The fourth-order valence-corrected chi connectivity index (χ4v) is 3.96. The van der Waals surface area contributed by atoms with Crippen molar-refractivity contribution in [2.45, 2.75) is 11.8 Å². The van der Waals surface area contributed by atoms with Gasteiger partial charge in [-0.15, -0.1) is 0 Å². The second-order valence-electron chi connectivity index (χ2n) is 7.39. The van der Waals surface area contributed by atoms with Crippen molar-refractivity contribution in [2.75, 3.05) is 14.2 Å². The number of methoxy groups -OCH3 is 2. The molecule has 8 heteroatoms. The lowest BCUT2D eigenvalue weighted by atomic mass is 9.77. The maximum Gasteiger partial charge on any atom is 0.332 e. The number of carbonyl (C=O) groups is 2. The molecule has 33 heavy (non-hydrogen) atoms. The van der Waals surface area contributed by atoms with Crippen LogP contribution < -0.4 is 25.4 Å². The highest BCUT2D eigenvalue weighted by atomic mass is 16.5. The number of para-hydroxylation sites is 1. The lowest BCUT2D eigenvalue weighted by Gasteiger charge is -2.24. The van der Waals surface area contributed by atoms with Crippen molar-refractivity contribution in [2.24, 2.45) is 10.8 Å². The number of hydrogen-bond acceptors (Lipinski definition) is 6. The number of benzene rings is 3. The fraction of sp³-hybridized carbons (Fsp3) is 0.160. The molecule has 0 fully saturated rings. The molecule has 2 unspecified atom stereocenters. The Bertz CT molecular complexity index is 1190. The minimum absolute atomic E-state index is 0.405. The highest BCUT2D eigenvalue weighted by Crippen LogP contribution is 2.45. The second-order valence-corrected chi connectivity index (χ2v) is 7.39. The normalized spacial score (nSPS) is 15.9. The molecule has 1 aliphatic rings. The molecule has 0 saturated heterocycles. The molecule has 168 valence electrons. The molecular weight excluding hydrogens is 422 g/mol. The number of urea groups is 1. The Balaban J connectivity index is 1.90. The third kappa shape index (κ3) is 4.50. The number of carbonyl (C=O) groups excluding carboxylic acids is 2. The molecule has 2 atom stereocenters. The van der Waals surface area contributed by atoms with E-state index in [2.05, 4.69) is 10.5 Å². The quantitative estimate of drug-likeness (QED) is 0.250. The number of hydrogen-bond donors (Lipinski definition) is 2. The number of esters is 1. The van der Waals surface area contributed by atoms with Gasteiger partial charge in [0.2, 0.25) is 0 Å². The highest BCUT2D eigenvalue weighted by Gasteiger charge is 2.42. The molecule has 0 spiro atoms. The molecular formula is C25H23N3O5. The van der Waals surface area contributed by atoms with Gasteiger partial charge in [0, 0.05) is 11.5 Å². The number of nitrogens with one attached hydrogen (secondary N) is 1.